The van der Waals surface area contributed by atoms with E-state index in [1.165, 1.54) is 38.5 Å². The number of rotatable bonds is 4. The second-order valence-electron chi connectivity index (χ2n) is 6.17. The van der Waals surface area contributed by atoms with E-state index in [0.717, 1.165) is 12.3 Å². The molecule has 2 aliphatic carbocycles. The van der Waals surface area contributed by atoms with Crippen molar-refractivity contribution in [1.82, 2.24) is 0 Å². The average Bonchev–Trinajstić information content (AvgIpc) is 2.39. The number of ether oxygens (including phenoxy) is 1. The minimum Gasteiger partial charge on any atom is -0.478 e. The third-order valence-corrected chi connectivity index (χ3v) is 4.72. The first-order valence-electron chi connectivity index (χ1n) is 7.65. The van der Waals surface area contributed by atoms with Gasteiger partial charge in [0.2, 0.25) is 0 Å². The number of carbonyl (C=O) groups is 1. The van der Waals surface area contributed by atoms with Crippen LogP contribution in [0.25, 0.3) is 0 Å². The van der Waals surface area contributed by atoms with Crippen molar-refractivity contribution in [2.24, 2.45) is 11.8 Å². The molecule has 2 aliphatic rings. The molecule has 2 rings (SSSR count). The van der Waals surface area contributed by atoms with Gasteiger partial charge in [-0.05, 0) is 51.0 Å². The lowest BCUT2D eigenvalue weighted by atomic mass is 9.69. The maximum absolute atomic E-state index is 10.8. The Labute approximate surface area is 116 Å². The third-order valence-electron chi connectivity index (χ3n) is 4.72. The molecule has 108 valence electrons. The van der Waals surface area contributed by atoms with Crippen molar-refractivity contribution in [2.45, 2.75) is 71.0 Å². The molecule has 3 nitrogen and oxygen atoms in total. The van der Waals surface area contributed by atoms with Crippen LogP contribution >= 0.6 is 0 Å². The quantitative estimate of drug-likeness (QED) is 0.788. The summed E-state index contributed by atoms with van der Waals surface area (Å²) in [5, 5.41) is 8.90. The molecule has 2 saturated carbocycles. The van der Waals surface area contributed by atoms with Gasteiger partial charge in [0.15, 0.2) is 0 Å². The summed E-state index contributed by atoms with van der Waals surface area (Å²) in [7, 11) is 0. The molecule has 0 saturated heterocycles. The highest BCUT2D eigenvalue weighted by Crippen LogP contribution is 2.42. The van der Waals surface area contributed by atoms with Gasteiger partial charge in [-0.2, -0.15) is 0 Å². The number of aliphatic carboxylic acids is 1. The average molecular weight is 266 g/mol. The zero-order valence-corrected chi connectivity index (χ0v) is 12.1. The molecular weight excluding hydrogens is 240 g/mol. The number of carboxylic acid groups (broad SMARTS) is 1. The van der Waals surface area contributed by atoms with Crippen LogP contribution in [0.4, 0.5) is 0 Å². The molecule has 0 aliphatic heterocycles. The van der Waals surface area contributed by atoms with E-state index < -0.39 is 5.97 Å². The van der Waals surface area contributed by atoms with Crippen LogP contribution in [-0.4, -0.2) is 23.3 Å². The van der Waals surface area contributed by atoms with Gasteiger partial charge < -0.3 is 9.84 Å². The van der Waals surface area contributed by atoms with E-state index in [4.69, 9.17) is 9.84 Å². The molecule has 0 spiro atoms. The summed E-state index contributed by atoms with van der Waals surface area (Å²) in [6, 6.07) is 0. The summed E-state index contributed by atoms with van der Waals surface area (Å²) in [5.41, 5.74) is 0.378. The van der Waals surface area contributed by atoms with Crippen LogP contribution in [0.15, 0.2) is 11.6 Å². The SMILES string of the molecule is CC(=CC(C)OC1CCCC2CCCCC21)C(=O)O. The second-order valence-corrected chi connectivity index (χ2v) is 6.17. The van der Waals surface area contributed by atoms with Crippen molar-refractivity contribution in [1.29, 1.82) is 0 Å². The van der Waals surface area contributed by atoms with E-state index in [1.54, 1.807) is 13.0 Å². The van der Waals surface area contributed by atoms with Gasteiger partial charge in [-0.25, -0.2) is 4.79 Å². The van der Waals surface area contributed by atoms with Crippen LogP contribution in [-0.2, 0) is 9.53 Å². The molecule has 1 N–H and O–H groups in total. The fraction of sp³-hybridized carbons (Fsp3) is 0.812. The normalized spacial score (nSPS) is 33.6. The van der Waals surface area contributed by atoms with Crippen molar-refractivity contribution < 1.29 is 14.6 Å². The summed E-state index contributed by atoms with van der Waals surface area (Å²) >= 11 is 0. The molecule has 4 atom stereocenters. The molecule has 0 aromatic rings. The second kappa shape index (κ2) is 6.56. The zero-order chi connectivity index (χ0) is 13.8. The Balaban J connectivity index is 1.93. The van der Waals surface area contributed by atoms with Crippen molar-refractivity contribution in [3.63, 3.8) is 0 Å². The van der Waals surface area contributed by atoms with Crippen molar-refractivity contribution in [2.75, 3.05) is 0 Å². The fourth-order valence-corrected chi connectivity index (χ4v) is 3.79. The van der Waals surface area contributed by atoms with Gasteiger partial charge in [-0.1, -0.05) is 25.7 Å². The Kier molecular flexibility index (Phi) is 5.03. The van der Waals surface area contributed by atoms with E-state index >= 15 is 0 Å². The molecule has 4 unspecified atom stereocenters. The molecule has 0 amide bonds. The van der Waals surface area contributed by atoms with Crippen LogP contribution in [0.5, 0.6) is 0 Å². The first-order chi connectivity index (χ1) is 9.08. The first-order valence-corrected chi connectivity index (χ1v) is 7.65. The topological polar surface area (TPSA) is 46.5 Å². The predicted octanol–water partition coefficient (Wildman–Crippen LogP) is 3.78. The Bertz CT molecular complexity index is 346. The molecular formula is C16H26O3. The van der Waals surface area contributed by atoms with E-state index in [2.05, 4.69) is 0 Å². The summed E-state index contributed by atoms with van der Waals surface area (Å²) in [6.45, 7) is 3.59. The predicted molar refractivity (Wildman–Crippen MR) is 75.0 cm³/mol. The fourth-order valence-electron chi connectivity index (χ4n) is 3.79. The molecule has 19 heavy (non-hydrogen) atoms. The molecule has 0 bridgehead atoms. The summed E-state index contributed by atoms with van der Waals surface area (Å²) in [5.74, 6) is 0.711. The van der Waals surface area contributed by atoms with Gasteiger partial charge >= 0.3 is 5.97 Å². The molecule has 0 heterocycles. The van der Waals surface area contributed by atoms with Crippen LogP contribution in [0.2, 0.25) is 0 Å². The number of carboxylic acids is 1. The van der Waals surface area contributed by atoms with Gasteiger partial charge in [0.05, 0.1) is 12.2 Å². The Morgan fingerprint density at radius 1 is 1.21 bits per heavy atom. The minimum absolute atomic E-state index is 0.0956. The Morgan fingerprint density at radius 3 is 2.63 bits per heavy atom. The highest BCUT2D eigenvalue weighted by Gasteiger charge is 2.35. The van der Waals surface area contributed by atoms with Crippen molar-refractivity contribution in [3.05, 3.63) is 11.6 Å². The first kappa shape index (κ1) is 14.6. The van der Waals surface area contributed by atoms with Gasteiger partial charge in [0.1, 0.15) is 0 Å². The van der Waals surface area contributed by atoms with Gasteiger partial charge in [0.25, 0.3) is 0 Å². The van der Waals surface area contributed by atoms with Crippen LogP contribution in [0.1, 0.15) is 58.8 Å². The Hall–Kier alpha value is -0.830. The standard InChI is InChI=1S/C16H26O3/c1-11(16(17)18)10-12(2)19-15-9-5-7-13-6-3-4-8-14(13)15/h10,12-15H,3-9H2,1-2H3,(H,17,18). The van der Waals surface area contributed by atoms with E-state index in [9.17, 15) is 4.79 Å². The maximum atomic E-state index is 10.8. The maximum Gasteiger partial charge on any atom is 0.331 e. The van der Waals surface area contributed by atoms with Crippen LogP contribution in [0.3, 0.4) is 0 Å². The highest BCUT2D eigenvalue weighted by atomic mass is 16.5. The van der Waals surface area contributed by atoms with E-state index in [-0.39, 0.29) is 6.10 Å². The van der Waals surface area contributed by atoms with Gasteiger partial charge in [0, 0.05) is 5.57 Å². The van der Waals surface area contributed by atoms with Crippen molar-refractivity contribution >= 4 is 5.97 Å². The third kappa shape index (κ3) is 3.82. The smallest absolute Gasteiger partial charge is 0.331 e. The molecule has 0 radical (unpaired) electrons. The lowest BCUT2D eigenvalue weighted by molar-refractivity contribution is -0.132. The van der Waals surface area contributed by atoms with Gasteiger partial charge in [-0.15, -0.1) is 0 Å². The molecule has 0 aromatic carbocycles. The summed E-state index contributed by atoms with van der Waals surface area (Å²) in [4.78, 5) is 10.8. The zero-order valence-electron chi connectivity index (χ0n) is 12.1. The molecule has 2 fully saturated rings. The minimum atomic E-state index is -0.852. The number of hydrogen-bond donors (Lipinski definition) is 1. The van der Waals surface area contributed by atoms with Crippen molar-refractivity contribution in [3.8, 4) is 0 Å². The highest BCUT2D eigenvalue weighted by molar-refractivity contribution is 5.85. The number of hydrogen-bond acceptors (Lipinski definition) is 2. The van der Waals surface area contributed by atoms with E-state index in [0.29, 0.717) is 17.6 Å². The Morgan fingerprint density at radius 2 is 1.89 bits per heavy atom. The summed E-state index contributed by atoms with van der Waals surface area (Å²) in [6.07, 6.45) is 11.1. The molecule has 0 aromatic heterocycles. The lowest BCUT2D eigenvalue weighted by Gasteiger charge is -2.41. The van der Waals surface area contributed by atoms with Crippen LogP contribution in [0, 0.1) is 11.8 Å². The lowest BCUT2D eigenvalue weighted by Crippen LogP contribution is -2.38. The van der Waals surface area contributed by atoms with Crippen LogP contribution < -0.4 is 0 Å². The van der Waals surface area contributed by atoms with E-state index in [1.807, 2.05) is 6.92 Å². The van der Waals surface area contributed by atoms with Gasteiger partial charge in [-0.3, -0.25) is 0 Å². The largest absolute Gasteiger partial charge is 0.478 e. The number of fused-ring (bicyclic) bond motifs is 1. The monoisotopic (exact) mass is 266 g/mol. The summed E-state index contributed by atoms with van der Waals surface area (Å²) < 4.78 is 6.14. The molecule has 3 heteroatoms.